The Morgan fingerprint density at radius 1 is 1.16 bits per heavy atom. The molecular formula is C21H31N3O. The van der Waals surface area contributed by atoms with Gasteiger partial charge in [0.05, 0.1) is 5.56 Å². The van der Waals surface area contributed by atoms with Crippen molar-refractivity contribution >= 4 is 11.7 Å². The second-order valence-electron chi connectivity index (χ2n) is 9.57. The van der Waals surface area contributed by atoms with Crippen LogP contribution in [0, 0.1) is 10.8 Å². The van der Waals surface area contributed by atoms with Gasteiger partial charge in [-0.3, -0.25) is 4.79 Å². The Balaban J connectivity index is 1.62. The van der Waals surface area contributed by atoms with E-state index in [1.165, 1.54) is 25.7 Å². The molecule has 1 saturated carbocycles. The first-order valence-corrected chi connectivity index (χ1v) is 9.88. The van der Waals surface area contributed by atoms with Crippen molar-refractivity contribution in [1.29, 1.82) is 0 Å². The number of piperidine rings is 1. The van der Waals surface area contributed by atoms with Crippen molar-refractivity contribution in [3.63, 3.8) is 0 Å². The molecule has 4 nitrogen and oxygen atoms in total. The number of aromatic nitrogens is 1. The highest BCUT2D eigenvalue weighted by Crippen LogP contribution is 2.52. The molecule has 2 saturated heterocycles. The maximum absolute atomic E-state index is 13.5. The number of anilines is 1. The second kappa shape index (κ2) is 6.00. The van der Waals surface area contributed by atoms with E-state index in [0.717, 1.165) is 43.9 Å². The minimum Gasteiger partial charge on any atom is -0.356 e. The minimum absolute atomic E-state index is 0.195. The first-order chi connectivity index (χ1) is 11.9. The van der Waals surface area contributed by atoms with Gasteiger partial charge in [0.2, 0.25) is 0 Å². The average Bonchev–Trinajstić information content (AvgIpc) is 2.84. The molecule has 0 spiro atoms. The smallest absolute Gasteiger partial charge is 0.257 e. The molecule has 2 unspecified atom stereocenters. The van der Waals surface area contributed by atoms with Crippen LogP contribution < -0.4 is 4.90 Å². The van der Waals surface area contributed by atoms with E-state index in [4.69, 9.17) is 0 Å². The van der Waals surface area contributed by atoms with Gasteiger partial charge < -0.3 is 9.80 Å². The average molecular weight is 341 g/mol. The molecule has 1 aliphatic carbocycles. The highest BCUT2D eigenvalue weighted by atomic mass is 16.2. The van der Waals surface area contributed by atoms with Crippen LogP contribution in [0.5, 0.6) is 0 Å². The van der Waals surface area contributed by atoms with Gasteiger partial charge in [0, 0.05) is 31.9 Å². The molecule has 2 bridgehead atoms. The van der Waals surface area contributed by atoms with Crippen molar-refractivity contribution in [1.82, 2.24) is 9.88 Å². The molecule has 3 fully saturated rings. The van der Waals surface area contributed by atoms with Crippen LogP contribution in [0.4, 0.5) is 5.82 Å². The molecule has 1 aromatic heterocycles. The predicted molar refractivity (Wildman–Crippen MR) is 101 cm³/mol. The molecule has 2 atom stereocenters. The molecule has 3 aliphatic rings. The van der Waals surface area contributed by atoms with E-state index < -0.39 is 0 Å². The Bertz CT molecular complexity index is 665. The molecule has 0 aromatic carbocycles. The fourth-order valence-electron chi connectivity index (χ4n) is 5.77. The lowest BCUT2D eigenvalue weighted by Gasteiger charge is -2.39. The summed E-state index contributed by atoms with van der Waals surface area (Å²) >= 11 is 0. The van der Waals surface area contributed by atoms with Crippen molar-refractivity contribution < 1.29 is 4.79 Å². The third-order valence-corrected chi connectivity index (χ3v) is 6.35. The van der Waals surface area contributed by atoms with Crippen LogP contribution in [-0.4, -0.2) is 41.5 Å². The van der Waals surface area contributed by atoms with Gasteiger partial charge in [-0.05, 0) is 61.5 Å². The molecule has 25 heavy (non-hydrogen) atoms. The lowest BCUT2D eigenvalue weighted by molar-refractivity contribution is 0.0708. The van der Waals surface area contributed by atoms with Crippen molar-refractivity contribution in [3.8, 4) is 0 Å². The molecule has 3 heterocycles. The number of fused-ring (bicyclic) bond motifs is 2. The van der Waals surface area contributed by atoms with Crippen molar-refractivity contribution in [2.24, 2.45) is 10.8 Å². The predicted octanol–water partition coefficient (Wildman–Crippen LogP) is 4.11. The monoisotopic (exact) mass is 341 g/mol. The van der Waals surface area contributed by atoms with Crippen LogP contribution in [0.15, 0.2) is 18.3 Å². The third kappa shape index (κ3) is 3.16. The summed E-state index contributed by atoms with van der Waals surface area (Å²) < 4.78 is 0. The summed E-state index contributed by atoms with van der Waals surface area (Å²) in [7, 11) is 0. The Hall–Kier alpha value is -1.58. The van der Waals surface area contributed by atoms with Crippen molar-refractivity contribution in [2.45, 2.75) is 65.3 Å². The quantitative estimate of drug-likeness (QED) is 0.812. The summed E-state index contributed by atoms with van der Waals surface area (Å²) in [5, 5.41) is 0. The van der Waals surface area contributed by atoms with E-state index >= 15 is 0 Å². The van der Waals surface area contributed by atoms with Crippen LogP contribution in [0.1, 0.15) is 69.7 Å². The number of carbonyl (C=O) groups is 1. The number of hydrogen-bond donors (Lipinski definition) is 0. The van der Waals surface area contributed by atoms with E-state index in [1.54, 1.807) is 0 Å². The molecule has 136 valence electrons. The zero-order chi connectivity index (χ0) is 17.7. The van der Waals surface area contributed by atoms with E-state index in [1.807, 2.05) is 18.3 Å². The summed E-state index contributed by atoms with van der Waals surface area (Å²) in [5.41, 5.74) is 1.41. The van der Waals surface area contributed by atoms with Gasteiger partial charge in [0.25, 0.3) is 5.91 Å². The molecule has 1 amide bonds. The number of nitrogens with zero attached hydrogens (tertiary/aromatic N) is 3. The first-order valence-electron chi connectivity index (χ1n) is 9.88. The Morgan fingerprint density at radius 3 is 2.68 bits per heavy atom. The summed E-state index contributed by atoms with van der Waals surface area (Å²) in [6, 6.07) is 4.28. The highest BCUT2D eigenvalue weighted by Gasteiger charge is 2.51. The molecule has 0 radical (unpaired) electrons. The summed E-state index contributed by atoms with van der Waals surface area (Å²) in [4.78, 5) is 22.5. The van der Waals surface area contributed by atoms with E-state index in [9.17, 15) is 4.79 Å². The second-order valence-corrected chi connectivity index (χ2v) is 9.57. The third-order valence-electron chi connectivity index (χ3n) is 6.35. The summed E-state index contributed by atoms with van der Waals surface area (Å²) in [6.45, 7) is 10.0. The zero-order valence-electron chi connectivity index (χ0n) is 15.9. The number of pyridine rings is 1. The van der Waals surface area contributed by atoms with Gasteiger partial charge in [-0.15, -0.1) is 0 Å². The molecule has 2 aliphatic heterocycles. The highest BCUT2D eigenvalue weighted by molar-refractivity contribution is 5.99. The fraction of sp³-hybridized carbons (Fsp3) is 0.714. The van der Waals surface area contributed by atoms with Crippen LogP contribution in [0.25, 0.3) is 0 Å². The maximum Gasteiger partial charge on any atom is 0.257 e. The van der Waals surface area contributed by atoms with Gasteiger partial charge in [-0.25, -0.2) is 4.98 Å². The Kier molecular flexibility index (Phi) is 4.04. The van der Waals surface area contributed by atoms with Crippen LogP contribution >= 0.6 is 0 Å². The van der Waals surface area contributed by atoms with E-state index in [-0.39, 0.29) is 11.3 Å². The number of carbonyl (C=O) groups excluding carboxylic acids is 1. The zero-order valence-corrected chi connectivity index (χ0v) is 15.9. The van der Waals surface area contributed by atoms with Crippen LogP contribution in [-0.2, 0) is 0 Å². The van der Waals surface area contributed by atoms with Crippen molar-refractivity contribution in [3.05, 3.63) is 23.9 Å². The Morgan fingerprint density at radius 2 is 1.92 bits per heavy atom. The van der Waals surface area contributed by atoms with Gasteiger partial charge in [0.15, 0.2) is 0 Å². The molecular weight excluding hydrogens is 310 g/mol. The molecule has 4 heteroatoms. The number of likely N-dealkylation sites (tertiary alicyclic amines) is 1. The van der Waals surface area contributed by atoms with E-state index in [2.05, 4.69) is 35.6 Å². The van der Waals surface area contributed by atoms with Gasteiger partial charge >= 0.3 is 0 Å². The van der Waals surface area contributed by atoms with Crippen LogP contribution in [0.2, 0.25) is 0 Å². The normalized spacial score (nSPS) is 31.2. The SMILES string of the molecule is CC1(C)CC2CC(C)(CN2C(=O)c2cccnc2N2CCCCC2)C1. The number of rotatable bonds is 2. The summed E-state index contributed by atoms with van der Waals surface area (Å²) in [5.74, 6) is 1.10. The fourth-order valence-corrected chi connectivity index (χ4v) is 5.77. The standard InChI is InChI=1S/C21H31N3O/c1-20(2)12-16-13-21(3,14-20)15-24(16)19(25)17-8-7-9-22-18(17)23-10-5-4-6-11-23/h7-9,16H,4-6,10-15H2,1-3H3. The maximum atomic E-state index is 13.5. The minimum atomic E-state index is 0.195. The molecule has 1 aromatic rings. The van der Waals surface area contributed by atoms with Crippen LogP contribution in [0.3, 0.4) is 0 Å². The largest absolute Gasteiger partial charge is 0.356 e. The molecule has 0 N–H and O–H groups in total. The van der Waals surface area contributed by atoms with E-state index in [0.29, 0.717) is 11.5 Å². The number of amides is 1. The Labute approximate surface area is 151 Å². The van der Waals surface area contributed by atoms with Gasteiger partial charge in [-0.1, -0.05) is 20.8 Å². The molecule has 4 rings (SSSR count). The number of hydrogen-bond acceptors (Lipinski definition) is 3. The lowest BCUT2D eigenvalue weighted by atomic mass is 9.65. The van der Waals surface area contributed by atoms with Crippen molar-refractivity contribution in [2.75, 3.05) is 24.5 Å². The first kappa shape index (κ1) is 16.9. The lowest BCUT2D eigenvalue weighted by Crippen LogP contribution is -2.39. The summed E-state index contributed by atoms with van der Waals surface area (Å²) in [6.07, 6.45) is 8.99. The van der Waals surface area contributed by atoms with Gasteiger partial charge in [0.1, 0.15) is 5.82 Å². The van der Waals surface area contributed by atoms with Gasteiger partial charge in [-0.2, -0.15) is 0 Å². The topological polar surface area (TPSA) is 36.4 Å².